The Bertz CT molecular complexity index is 944. The minimum atomic E-state index is -3.83. The maximum absolute atomic E-state index is 12.1. The van der Waals surface area contributed by atoms with Crippen LogP contribution in [-0.4, -0.2) is 33.9 Å². The summed E-state index contributed by atoms with van der Waals surface area (Å²) >= 11 is 5.86. The molecule has 0 saturated carbocycles. The van der Waals surface area contributed by atoms with Gasteiger partial charge in [0.25, 0.3) is 5.91 Å². The fourth-order valence-corrected chi connectivity index (χ4v) is 3.33. The van der Waals surface area contributed by atoms with Crippen molar-refractivity contribution in [3.8, 4) is 0 Å². The van der Waals surface area contributed by atoms with Crippen LogP contribution >= 0.6 is 11.6 Å². The number of sulfonamides is 1. The Balaban J connectivity index is 2.04. The van der Waals surface area contributed by atoms with Crippen LogP contribution in [0.4, 0.5) is 5.69 Å². The Morgan fingerprint density at radius 1 is 1.15 bits per heavy atom. The molecule has 0 aliphatic heterocycles. The lowest BCUT2D eigenvalue weighted by Crippen LogP contribution is -2.22. The van der Waals surface area contributed by atoms with Gasteiger partial charge in [0.1, 0.15) is 4.90 Å². The third kappa shape index (κ3) is 5.04. The topological polar surface area (TPSA) is 102 Å². The first-order valence-electron chi connectivity index (χ1n) is 7.49. The van der Waals surface area contributed by atoms with Crippen LogP contribution in [0.5, 0.6) is 0 Å². The van der Waals surface area contributed by atoms with Crippen molar-refractivity contribution in [2.75, 3.05) is 19.0 Å². The second kappa shape index (κ2) is 8.31. The molecule has 2 rings (SSSR count). The van der Waals surface area contributed by atoms with Crippen molar-refractivity contribution in [3.05, 3.63) is 58.6 Å². The van der Waals surface area contributed by atoms with Crippen LogP contribution in [0.1, 0.15) is 15.9 Å². The third-order valence-corrected chi connectivity index (χ3v) is 5.26. The van der Waals surface area contributed by atoms with Crippen LogP contribution in [0.25, 0.3) is 0 Å². The predicted molar refractivity (Wildman–Crippen MR) is 97.8 cm³/mol. The smallest absolute Gasteiger partial charge is 0.338 e. The first-order chi connectivity index (χ1) is 12.2. The van der Waals surface area contributed by atoms with Gasteiger partial charge in [-0.3, -0.25) is 4.79 Å². The first kappa shape index (κ1) is 19.9. The maximum Gasteiger partial charge on any atom is 0.338 e. The number of rotatable bonds is 6. The molecule has 2 aromatic carbocycles. The lowest BCUT2D eigenvalue weighted by atomic mass is 10.2. The van der Waals surface area contributed by atoms with Crippen molar-refractivity contribution in [3.63, 3.8) is 0 Å². The molecule has 7 nitrogen and oxygen atoms in total. The second-order valence-corrected chi connectivity index (χ2v) is 7.61. The number of ether oxygens (including phenoxy) is 1. The molecule has 0 bridgehead atoms. The summed E-state index contributed by atoms with van der Waals surface area (Å²) in [5.41, 5.74) is 1.52. The number of carbonyl (C=O) groups excluding carboxylic acids is 2. The third-order valence-electron chi connectivity index (χ3n) is 3.36. The van der Waals surface area contributed by atoms with Crippen LogP contribution in [-0.2, 0) is 19.6 Å². The van der Waals surface area contributed by atoms with Crippen molar-refractivity contribution in [2.24, 2.45) is 0 Å². The van der Waals surface area contributed by atoms with Crippen molar-refractivity contribution in [1.29, 1.82) is 0 Å². The van der Waals surface area contributed by atoms with Gasteiger partial charge in [0.2, 0.25) is 10.0 Å². The van der Waals surface area contributed by atoms with Gasteiger partial charge < -0.3 is 10.1 Å². The fraction of sp³-hybridized carbons (Fsp3) is 0.176. The van der Waals surface area contributed by atoms with E-state index in [0.29, 0.717) is 5.69 Å². The highest BCUT2D eigenvalue weighted by Crippen LogP contribution is 2.22. The molecule has 0 fully saturated rings. The van der Waals surface area contributed by atoms with E-state index >= 15 is 0 Å². The van der Waals surface area contributed by atoms with Gasteiger partial charge in [-0.05, 0) is 49.9 Å². The number of carbonyl (C=O) groups is 2. The van der Waals surface area contributed by atoms with Crippen molar-refractivity contribution in [2.45, 2.75) is 11.8 Å². The van der Waals surface area contributed by atoms with Gasteiger partial charge in [0.15, 0.2) is 6.61 Å². The van der Waals surface area contributed by atoms with E-state index in [4.69, 9.17) is 16.3 Å². The van der Waals surface area contributed by atoms with Gasteiger partial charge in [-0.2, -0.15) is 0 Å². The number of aryl methyl sites for hydroxylation is 1. The van der Waals surface area contributed by atoms with Crippen molar-refractivity contribution >= 4 is 39.2 Å². The largest absolute Gasteiger partial charge is 0.452 e. The molecular weight excluding hydrogens is 380 g/mol. The normalized spacial score (nSPS) is 11.0. The first-order valence-corrected chi connectivity index (χ1v) is 9.36. The molecule has 0 atom stereocenters. The number of benzene rings is 2. The zero-order valence-corrected chi connectivity index (χ0v) is 15.6. The minimum absolute atomic E-state index is 0.0342. The molecule has 0 aliphatic carbocycles. The average Bonchev–Trinajstić information content (AvgIpc) is 2.60. The average molecular weight is 397 g/mol. The van der Waals surface area contributed by atoms with Gasteiger partial charge in [-0.15, -0.1) is 0 Å². The minimum Gasteiger partial charge on any atom is -0.452 e. The maximum atomic E-state index is 12.1. The number of hydrogen-bond donors (Lipinski definition) is 2. The standard InChI is InChI=1S/C17H17ClN2O5S/c1-11-4-3-5-13(8-11)20-16(21)10-25-17(22)12-6-7-14(18)15(9-12)26(23,24)19-2/h3-9,19H,10H2,1-2H3,(H,20,21). The van der Waals surface area contributed by atoms with Gasteiger partial charge in [-0.25, -0.2) is 17.9 Å². The van der Waals surface area contributed by atoms with E-state index < -0.39 is 28.5 Å². The van der Waals surface area contributed by atoms with Crippen LogP contribution in [0.3, 0.4) is 0 Å². The highest BCUT2D eigenvalue weighted by molar-refractivity contribution is 7.89. The predicted octanol–water partition coefficient (Wildman–Crippen LogP) is 2.35. The van der Waals surface area contributed by atoms with Gasteiger partial charge >= 0.3 is 5.97 Å². The highest BCUT2D eigenvalue weighted by Gasteiger charge is 2.19. The Labute approximate surface area is 156 Å². The zero-order valence-electron chi connectivity index (χ0n) is 14.1. The Kier molecular flexibility index (Phi) is 6.36. The quantitative estimate of drug-likeness (QED) is 0.730. The molecule has 0 radical (unpaired) electrons. The van der Waals surface area contributed by atoms with E-state index in [0.717, 1.165) is 11.6 Å². The number of hydrogen-bond acceptors (Lipinski definition) is 5. The SMILES string of the molecule is CNS(=O)(=O)c1cc(C(=O)OCC(=O)Nc2cccc(C)c2)ccc1Cl. The molecule has 0 saturated heterocycles. The summed E-state index contributed by atoms with van der Waals surface area (Å²) in [6.45, 7) is 1.37. The van der Waals surface area contributed by atoms with E-state index in [9.17, 15) is 18.0 Å². The van der Waals surface area contributed by atoms with Crippen LogP contribution in [0, 0.1) is 6.92 Å². The fourth-order valence-electron chi connectivity index (χ4n) is 2.08. The molecule has 2 aromatic rings. The Hall–Kier alpha value is -2.42. The summed E-state index contributed by atoms with van der Waals surface area (Å²) in [5.74, 6) is -1.35. The molecule has 1 amide bonds. The zero-order chi connectivity index (χ0) is 19.3. The molecule has 26 heavy (non-hydrogen) atoms. The molecule has 0 spiro atoms. The van der Waals surface area contributed by atoms with Gasteiger partial charge in [0, 0.05) is 5.69 Å². The monoisotopic (exact) mass is 396 g/mol. The Morgan fingerprint density at radius 2 is 1.88 bits per heavy atom. The lowest BCUT2D eigenvalue weighted by molar-refractivity contribution is -0.119. The number of amides is 1. The van der Waals surface area contributed by atoms with E-state index in [2.05, 4.69) is 10.0 Å². The van der Waals surface area contributed by atoms with Crippen molar-refractivity contribution in [1.82, 2.24) is 4.72 Å². The summed E-state index contributed by atoms with van der Waals surface area (Å²) in [5, 5.41) is 2.57. The molecule has 0 heterocycles. The van der Waals surface area contributed by atoms with Crippen molar-refractivity contribution < 1.29 is 22.7 Å². The molecule has 2 N–H and O–H groups in total. The molecule has 0 aliphatic rings. The van der Waals surface area contributed by atoms with E-state index in [1.54, 1.807) is 18.2 Å². The summed E-state index contributed by atoms with van der Waals surface area (Å²) in [4.78, 5) is 23.7. The van der Waals surface area contributed by atoms with E-state index in [-0.39, 0.29) is 15.5 Å². The van der Waals surface area contributed by atoms with Crippen LogP contribution in [0.15, 0.2) is 47.4 Å². The number of halogens is 1. The molecular formula is C17H17ClN2O5S. The molecule has 0 unspecified atom stereocenters. The summed E-state index contributed by atoms with van der Waals surface area (Å²) < 4.78 is 30.8. The summed E-state index contributed by atoms with van der Waals surface area (Å²) in [6, 6.07) is 10.8. The summed E-state index contributed by atoms with van der Waals surface area (Å²) in [6.07, 6.45) is 0. The highest BCUT2D eigenvalue weighted by atomic mass is 35.5. The number of esters is 1. The number of anilines is 1. The van der Waals surface area contributed by atoms with E-state index in [1.165, 1.54) is 19.2 Å². The van der Waals surface area contributed by atoms with Crippen LogP contribution < -0.4 is 10.0 Å². The van der Waals surface area contributed by atoms with Gasteiger partial charge in [0.05, 0.1) is 10.6 Å². The molecule has 0 aromatic heterocycles. The van der Waals surface area contributed by atoms with Gasteiger partial charge in [-0.1, -0.05) is 23.7 Å². The second-order valence-electron chi connectivity index (χ2n) is 5.35. The summed E-state index contributed by atoms with van der Waals surface area (Å²) in [7, 11) is -2.60. The van der Waals surface area contributed by atoms with Crippen LogP contribution in [0.2, 0.25) is 5.02 Å². The lowest BCUT2D eigenvalue weighted by Gasteiger charge is -2.09. The van der Waals surface area contributed by atoms with E-state index in [1.807, 2.05) is 13.0 Å². The molecule has 9 heteroatoms. The molecule has 138 valence electrons. The number of nitrogens with one attached hydrogen (secondary N) is 2. The Morgan fingerprint density at radius 3 is 2.54 bits per heavy atom.